The van der Waals surface area contributed by atoms with Gasteiger partial charge in [0.2, 0.25) is 5.79 Å². The highest BCUT2D eigenvalue weighted by molar-refractivity contribution is 5.67. The number of pyridine rings is 1. The predicted octanol–water partition coefficient (Wildman–Crippen LogP) is 3.72. The summed E-state index contributed by atoms with van der Waals surface area (Å²) in [5, 5.41) is 10.00. The van der Waals surface area contributed by atoms with Crippen LogP contribution in [0, 0.1) is 0 Å². The molecule has 1 saturated carbocycles. The summed E-state index contributed by atoms with van der Waals surface area (Å²) < 4.78 is 17.6. The van der Waals surface area contributed by atoms with Crippen molar-refractivity contribution in [3.63, 3.8) is 0 Å². The van der Waals surface area contributed by atoms with Gasteiger partial charge in [-0.25, -0.2) is 4.98 Å². The summed E-state index contributed by atoms with van der Waals surface area (Å²) >= 11 is 0. The maximum absolute atomic E-state index is 10.00. The third-order valence-electron chi connectivity index (χ3n) is 6.36. The first-order chi connectivity index (χ1) is 13.7. The number of rotatable bonds is 3. The zero-order valence-corrected chi connectivity index (χ0v) is 16.2. The molecule has 1 aliphatic carbocycles. The molecule has 3 heterocycles. The minimum atomic E-state index is -0.477. The van der Waals surface area contributed by atoms with Crippen LogP contribution in [-0.2, 0) is 11.3 Å². The van der Waals surface area contributed by atoms with E-state index in [0.717, 1.165) is 54.4 Å². The third kappa shape index (κ3) is 3.10. The lowest BCUT2D eigenvalue weighted by molar-refractivity contribution is -0.231. The van der Waals surface area contributed by atoms with Crippen LogP contribution in [0.4, 0.5) is 0 Å². The first-order valence-electron chi connectivity index (χ1n) is 10.1. The molecule has 1 aromatic carbocycles. The van der Waals surface area contributed by atoms with Crippen molar-refractivity contribution in [1.29, 1.82) is 0 Å². The molecule has 5 rings (SSSR count). The standard InChI is InChI=1S/C22H26N2O4/c1-26-21-19(25)12-16(13-23-21)15-5-6-20-17(11-15)14-27-22(28-20)7-9-24(10-8-22)18-3-2-4-18/h5-6,11-13,18,25H,2-4,7-10,14H2,1H3. The molecule has 1 saturated heterocycles. The SMILES string of the molecule is COc1ncc(-c2ccc3c(c2)COC2(CCN(C4CCC4)CC2)O3)cc1O. The van der Waals surface area contributed by atoms with E-state index in [4.69, 9.17) is 14.2 Å². The van der Waals surface area contributed by atoms with Crippen LogP contribution in [-0.4, -0.2) is 47.0 Å². The van der Waals surface area contributed by atoms with Crippen LogP contribution in [0.5, 0.6) is 17.4 Å². The number of hydrogen-bond acceptors (Lipinski definition) is 6. The Labute approximate surface area is 165 Å². The first kappa shape index (κ1) is 17.8. The number of benzene rings is 1. The van der Waals surface area contributed by atoms with Gasteiger partial charge in [0.25, 0.3) is 5.88 Å². The fourth-order valence-electron chi connectivity index (χ4n) is 4.39. The molecule has 148 valence electrons. The van der Waals surface area contributed by atoms with Crippen molar-refractivity contribution in [2.75, 3.05) is 20.2 Å². The van der Waals surface area contributed by atoms with Gasteiger partial charge in [-0.2, -0.15) is 0 Å². The van der Waals surface area contributed by atoms with E-state index in [-0.39, 0.29) is 11.6 Å². The Kier molecular flexibility index (Phi) is 4.40. The van der Waals surface area contributed by atoms with E-state index in [1.165, 1.54) is 26.4 Å². The lowest BCUT2D eigenvalue weighted by atomic mass is 9.89. The molecule has 0 amide bonds. The molecule has 2 fully saturated rings. The summed E-state index contributed by atoms with van der Waals surface area (Å²) in [7, 11) is 1.49. The number of fused-ring (bicyclic) bond motifs is 1. The molecule has 0 radical (unpaired) electrons. The van der Waals surface area contributed by atoms with Gasteiger partial charge in [-0.1, -0.05) is 12.5 Å². The number of nitrogens with zero attached hydrogens (tertiary/aromatic N) is 2. The van der Waals surface area contributed by atoms with Gasteiger partial charge < -0.3 is 19.3 Å². The van der Waals surface area contributed by atoms with Gasteiger partial charge in [0.05, 0.1) is 13.7 Å². The molecule has 3 aliphatic rings. The van der Waals surface area contributed by atoms with Gasteiger partial charge in [-0.05, 0) is 36.6 Å². The molecule has 0 bridgehead atoms. The Morgan fingerprint density at radius 3 is 2.68 bits per heavy atom. The molecule has 2 aliphatic heterocycles. The number of aromatic nitrogens is 1. The molecule has 6 nitrogen and oxygen atoms in total. The molecule has 0 atom stereocenters. The second-order valence-corrected chi connectivity index (χ2v) is 8.00. The number of piperidine rings is 1. The Hall–Kier alpha value is -2.31. The summed E-state index contributed by atoms with van der Waals surface area (Å²) in [6.07, 6.45) is 7.59. The van der Waals surface area contributed by atoms with Crippen LogP contribution in [0.1, 0.15) is 37.7 Å². The number of methoxy groups -OCH3 is 1. The zero-order chi connectivity index (χ0) is 19.1. The lowest BCUT2D eigenvalue weighted by Crippen LogP contribution is -2.54. The largest absolute Gasteiger partial charge is 0.503 e. The Morgan fingerprint density at radius 2 is 2.00 bits per heavy atom. The molecule has 6 heteroatoms. The van der Waals surface area contributed by atoms with Gasteiger partial charge in [-0.15, -0.1) is 0 Å². The van der Waals surface area contributed by atoms with E-state index in [0.29, 0.717) is 6.61 Å². The Balaban J connectivity index is 1.32. The molecule has 1 spiro atoms. The minimum absolute atomic E-state index is 0.0300. The van der Waals surface area contributed by atoms with Crippen molar-refractivity contribution < 1.29 is 19.3 Å². The quantitative estimate of drug-likeness (QED) is 0.873. The minimum Gasteiger partial charge on any atom is -0.503 e. The van der Waals surface area contributed by atoms with E-state index in [1.807, 2.05) is 12.1 Å². The van der Waals surface area contributed by atoms with Crippen LogP contribution in [0.2, 0.25) is 0 Å². The summed E-state index contributed by atoms with van der Waals surface area (Å²) in [5.74, 6) is 0.679. The predicted molar refractivity (Wildman–Crippen MR) is 104 cm³/mol. The second kappa shape index (κ2) is 6.94. The van der Waals surface area contributed by atoms with Crippen molar-refractivity contribution in [1.82, 2.24) is 9.88 Å². The zero-order valence-electron chi connectivity index (χ0n) is 16.2. The van der Waals surface area contributed by atoms with Crippen LogP contribution in [0.25, 0.3) is 11.1 Å². The highest BCUT2D eigenvalue weighted by Gasteiger charge is 2.42. The maximum atomic E-state index is 10.00. The van der Waals surface area contributed by atoms with E-state index in [2.05, 4.69) is 16.0 Å². The molecule has 1 aromatic heterocycles. The van der Waals surface area contributed by atoms with Gasteiger partial charge >= 0.3 is 0 Å². The number of hydrogen-bond donors (Lipinski definition) is 1. The monoisotopic (exact) mass is 382 g/mol. The lowest BCUT2D eigenvalue weighted by Gasteiger charge is -2.47. The van der Waals surface area contributed by atoms with Gasteiger partial charge in [0.1, 0.15) is 5.75 Å². The fraction of sp³-hybridized carbons (Fsp3) is 0.500. The van der Waals surface area contributed by atoms with Crippen LogP contribution >= 0.6 is 0 Å². The fourth-order valence-corrected chi connectivity index (χ4v) is 4.39. The summed E-state index contributed by atoms with van der Waals surface area (Å²) in [5.41, 5.74) is 2.82. The molecule has 28 heavy (non-hydrogen) atoms. The number of aromatic hydroxyl groups is 1. The first-order valence-corrected chi connectivity index (χ1v) is 10.1. The van der Waals surface area contributed by atoms with E-state index >= 15 is 0 Å². The maximum Gasteiger partial charge on any atom is 0.256 e. The van der Waals surface area contributed by atoms with Crippen LogP contribution in [0.15, 0.2) is 30.5 Å². The van der Waals surface area contributed by atoms with E-state index in [9.17, 15) is 5.11 Å². The average Bonchev–Trinajstić information content (AvgIpc) is 2.68. The Morgan fingerprint density at radius 1 is 1.18 bits per heavy atom. The van der Waals surface area contributed by atoms with Gasteiger partial charge in [0.15, 0.2) is 5.75 Å². The van der Waals surface area contributed by atoms with E-state index < -0.39 is 5.79 Å². The number of likely N-dealkylation sites (tertiary alicyclic amines) is 1. The highest BCUT2D eigenvalue weighted by atomic mass is 16.7. The molecule has 0 unspecified atom stereocenters. The highest BCUT2D eigenvalue weighted by Crippen LogP contribution is 2.41. The smallest absolute Gasteiger partial charge is 0.256 e. The number of ether oxygens (including phenoxy) is 3. The molecule has 1 N–H and O–H groups in total. The molecule has 2 aromatic rings. The average molecular weight is 382 g/mol. The van der Waals surface area contributed by atoms with Crippen molar-refractivity contribution in [2.45, 2.75) is 50.5 Å². The van der Waals surface area contributed by atoms with Crippen molar-refractivity contribution >= 4 is 0 Å². The van der Waals surface area contributed by atoms with Gasteiger partial charge in [0, 0.05) is 49.3 Å². The topological polar surface area (TPSA) is 64.1 Å². The summed E-state index contributed by atoms with van der Waals surface area (Å²) in [4.78, 5) is 6.75. The summed E-state index contributed by atoms with van der Waals surface area (Å²) in [6, 6.07) is 8.51. The normalized spacial score (nSPS) is 21.6. The Bertz CT molecular complexity index is 873. The van der Waals surface area contributed by atoms with Crippen molar-refractivity contribution in [3.8, 4) is 28.5 Å². The molecular formula is C22H26N2O4. The third-order valence-corrected chi connectivity index (χ3v) is 6.36. The van der Waals surface area contributed by atoms with E-state index in [1.54, 1.807) is 12.3 Å². The van der Waals surface area contributed by atoms with Crippen LogP contribution in [0.3, 0.4) is 0 Å². The van der Waals surface area contributed by atoms with Crippen molar-refractivity contribution in [2.24, 2.45) is 0 Å². The summed E-state index contributed by atoms with van der Waals surface area (Å²) in [6.45, 7) is 2.64. The van der Waals surface area contributed by atoms with Gasteiger partial charge in [-0.3, -0.25) is 4.90 Å². The van der Waals surface area contributed by atoms with Crippen LogP contribution < -0.4 is 9.47 Å². The van der Waals surface area contributed by atoms with Crippen molar-refractivity contribution in [3.05, 3.63) is 36.0 Å². The second-order valence-electron chi connectivity index (χ2n) is 8.00. The molecular weight excluding hydrogens is 356 g/mol.